The lowest BCUT2D eigenvalue weighted by Gasteiger charge is -1.96. The van der Waals surface area contributed by atoms with Crippen LogP contribution in [0.15, 0.2) is 45.9 Å². The summed E-state index contributed by atoms with van der Waals surface area (Å²) >= 11 is 1.52. The summed E-state index contributed by atoms with van der Waals surface area (Å²) in [6.07, 6.45) is 1.54. The molecule has 0 bridgehead atoms. The lowest BCUT2D eigenvalue weighted by molar-refractivity contribution is -0.142. The number of para-hydroxylation sites is 1. The Bertz CT molecular complexity index is 789. The van der Waals surface area contributed by atoms with E-state index in [1.165, 1.54) is 18.3 Å². The lowest BCUT2D eigenvalue weighted by atomic mass is 10.3. The van der Waals surface area contributed by atoms with E-state index < -0.39 is 0 Å². The van der Waals surface area contributed by atoms with E-state index in [0.29, 0.717) is 16.7 Å². The Kier molecular flexibility index (Phi) is 4.15. The van der Waals surface area contributed by atoms with Gasteiger partial charge in [0.25, 0.3) is 0 Å². The molecule has 22 heavy (non-hydrogen) atoms. The molecule has 0 saturated heterocycles. The summed E-state index contributed by atoms with van der Waals surface area (Å²) in [5.41, 5.74) is 3.81. The quantitative estimate of drug-likeness (QED) is 0.443. The van der Waals surface area contributed by atoms with Crippen LogP contribution >= 0.6 is 11.3 Å². The summed E-state index contributed by atoms with van der Waals surface area (Å²) in [6, 6.07) is 11.4. The minimum absolute atomic E-state index is 0.120. The second kappa shape index (κ2) is 6.40. The largest absolute Gasteiger partial charge is 0.458 e. The number of carbonyl (C=O) groups is 1. The minimum atomic E-state index is -0.343. The van der Waals surface area contributed by atoms with E-state index in [1.54, 1.807) is 18.3 Å². The van der Waals surface area contributed by atoms with Crippen LogP contribution in [0.3, 0.4) is 0 Å². The van der Waals surface area contributed by atoms with Crippen molar-refractivity contribution in [3.8, 4) is 0 Å². The minimum Gasteiger partial charge on any atom is -0.458 e. The van der Waals surface area contributed by atoms with Gasteiger partial charge in [-0.2, -0.15) is 5.10 Å². The average molecular weight is 315 g/mol. The third-order valence-corrected chi connectivity index (χ3v) is 3.69. The Hall–Kier alpha value is -2.67. The van der Waals surface area contributed by atoms with Gasteiger partial charge in [0.1, 0.15) is 18.1 Å². The van der Waals surface area contributed by atoms with E-state index in [9.17, 15) is 4.79 Å². The number of hydrogen-bond donors (Lipinski definition) is 1. The Morgan fingerprint density at radius 1 is 1.41 bits per heavy atom. The zero-order valence-corrected chi connectivity index (χ0v) is 12.6. The molecule has 0 atom stereocenters. The van der Waals surface area contributed by atoms with E-state index in [0.717, 1.165) is 10.2 Å². The maximum absolute atomic E-state index is 10.7. The number of benzene rings is 1. The summed E-state index contributed by atoms with van der Waals surface area (Å²) in [5, 5.41) is 4.80. The first kappa shape index (κ1) is 14.3. The van der Waals surface area contributed by atoms with Crippen molar-refractivity contribution >= 4 is 38.9 Å². The predicted molar refractivity (Wildman–Crippen MR) is 85.0 cm³/mol. The molecule has 2 aromatic heterocycles. The van der Waals surface area contributed by atoms with Crippen LogP contribution in [0.25, 0.3) is 10.2 Å². The molecule has 6 nitrogen and oxygen atoms in total. The van der Waals surface area contributed by atoms with Gasteiger partial charge in [-0.1, -0.05) is 23.5 Å². The van der Waals surface area contributed by atoms with Crippen molar-refractivity contribution in [1.29, 1.82) is 0 Å². The number of nitrogens with one attached hydrogen (secondary N) is 1. The molecule has 0 unspecified atom stereocenters. The Morgan fingerprint density at radius 3 is 3.09 bits per heavy atom. The van der Waals surface area contributed by atoms with Gasteiger partial charge in [-0.3, -0.25) is 10.2 Å². The fourth-order valence-corrected chi connectivity index (χ4v) is 2.60. The van der Waals surface area contributed by atoms with Crippen LogP contribution in [0.1, 0.15) is 18.4 Å². The van der Waals surface area contributed by atoms with Gasteiger partial charge in [0.2, 0.25) is 5.13 Å². The van der Waals surface area contributed by atoms with Crippen molar-refractivity contribution < 1.29 is 13.9 Å². The van der Waals surface area contributed by atoms with Crippen molar-refractivity contribution in [3.63, 3.8) is 0 Å². The van der Waals surface area contributed by atoms with Gasteiger partial charge in [-0.25, -0.2) is 4.98 Å². The van der Waals surface area contributed by atoms with Gasteiger partial charge in [0, 0.05) is 6.92 Å². The Morgan fingerprint density at radius 2 is 2.27 bits per heavy atom. The molecular formula is C15H13N3O3S. The number of aromatic nitrogens is 1. The number of fused-ring (bicyclic) bond motifs is 1. The standard InChI is InChI=1S/C15H13N3O3S/c1-10(19)20-9-12-7-6-11(21-12)8-16-18-15-17-13-4-2-3-5-14(13)22-15/h2-8H,9H2,1H3,(H,17,18)/b16-8+. The number of rotatable bonds is 5. The molecule has 0 aliphatic rings. The molecular weight excluding hydrogens is 302 g/mol. The van der Waals surface area contributed by atoms with Gasteiger partial charge in [0.15, 0.2) is 0 Å². The highest BCUT2D eigenvalue weighted by Gasteiger charge is 2.03. The van der Waals surface area contributed by atoms with Crippen LogP contribution < -0.4 is 5.43 Å². The van der Waals surface area contributed by atoms with Crippen molar-refractivity contribution in [2.45, 2.75) is 13.5 Å². The summed E-state index contributed by atoms with van der Waals surface area (Å²) in [7, 11) is 0. The smallest absolute Gasteiger partial charge is 0.303 e. The van der Waals surface area contributed by atoms with Crippen molar-refractivity contribution in [3.05, 3.63) is 47.9 Å². The highest BCUT2D eigenvalue weighted by molar-refractivity contribution is 7.22. The fourth-order valence-electron chi connectivity index (χ4n) is 1.79. The molecule has 0 saturated carbocycles. The molecule has 112 valence electrons. The molecule has 0 spiro atoms. The zero-order valence-electron chi connectivity index (χ0n) is 11.8. The molecule has 3 aromatic rings. The molecule has 0 radical (unpaired) electrons. The second-order valence-electron chi connectivity index (χ2n) is 4.44. The van der Waals surface area contributed by atoms with Crippen LogP contribution in [0.5, 0.6) is 0 Å². The first-order valence-corrected chi connectivity index (χ1v) is 7.39. The first-order chi connectivity index (χ1) is 10.7. The maximum Gasteiger partial charge on any atom is 0.303 e. The number of thiazole rings is 1. The number of hydrogen-bond acceptors (Lipinski definition) is 7. The lowest BCUT2D eigenvalue weighted by Crippen LogP contribution is -1.97. The molecule has 1 aromatic carbocycles. The third-order valence-electron chi connectivity index (χ3n) is 2.75. The molecule has 0 aliphatic carbocycles. The average Bonchev–Trinajstić information content (AvgIpc) is 3.11. The molecule has 2 heterocycles. The van der Waals surface area contributed by atoms with E-state index >= 15 is 0 Å². The van der Waals surface area contributed by atoms with Crippen LogP contribution in [-0.4, -0.2) is 17.2 Å². The van der Waals surface area contributed by atoms with E-state index in [-0.39, 0.29) is 12.6 Å². The summed E-state index contributed by atoms with van der Waals surface area (Å²) in [5.74, 6) is 0.788. The molecule has 0 amide bonds. The van der Waals surface area contributed by atoms with Gasteiger partial charge in [0.05, 0.1) is 16.4 Å². The number of carbonyl (C=O) groups excluding carboxylic acids is 1. The third kappa shape index (κ3) is 3.50. The predicted octanol–water partition coefficient (Wildman–Crippen LogP) is 3.40. The van der Waals surface area contributed by atoms with E-state index in [2.05, 4.69) is 15.5 Å². The SMILES string of the molecule is CC(=O)OCc1ccc(/C=N/Nc2nc3ccccc3s2)o1. The van der Waals surface area contributed by atoms with E-state index in [1.807, 2.05) is 24.3 Å². The van der Waals surface area contributed by atoms with Gasteiger partial charge in [-0.05, 0) is 24.3 Å². The normalized spacial score (nSPS) is 11.1. The number of hydrazone groups is 1. The van der Waals surface area contributed by atoms with Crippen molar-refractivity contribution in [2.75, 3.05) is 5.43 Å². The highest BCUT2D eigenvalue weighted by Crippen LogP contribution is 2.25. The number of anilines is 1. The van der Waals surface area contributed by atoms with Gasteiger partial charge >= 0.3 is 5.97 Å². The first-order valence-electron chi connectivity index (χ1n) is 6.57. The maximum atomic E-state index is 10.7. The van der Waals surface area contributed by atoms with Gasteiger partial charge in [-0.15, -0.1) is 0 Å². The number of ether oxygens (including phenoxy) is 1. The highest BCUT2D eigenvalue weighted by atomic mass is 32.1. The summed E-state index contributed by atoms with van der Waals surface area (Å²) in [4.78, 5) is 15.1. The molecule has 1 N–H and O–H groups in total. The summed E-state index contributed by atoms with van der Waals surface area (Å²) in [6.45, 7) is 1.47. The van der Waals surface area contributed by atoms with Crippen LogP contribution in [0.2, 0.25) is 0 Å². The number of nitrogens with zero attached hydrogens (tertiary/aromatic N) is 2. The molecule has 3 rings (SSSR count). The van der Waals surface area contributed by atoms with E-state index in [4.69, 9.17) is 9.15 Å². The van der Waals surface area contributed by atoms with Crippen LogP contribution in [-0.2, 0) is 16.1 Å². The molecule has 0 aliphatic heterocycles. The van der Waals surface area contributed by atoms with Crippen molar-refractivity contribution in [2.24, 2.45) is 5.10 Å². The van der Waals surface area contributed by atoms with Crippen LogP contribution in [0.4, 0.5) is 5.13 Å². The number of esters is 1. The Labute approximate surface area is 130 Å². The molecule has 0 fully saturated rings. The Balaban J connectivity index is 1.60. The summed E-state index contributed by atoms with van der Waals surface area (Å²) < 4.78 is 11.4. The van der Waals surface area contributed by atoms with Gasteiger partial charge < -0.3 is 9.15 Å². The fraction of sp³-hybridized carbons (Fsp3) is 0.133. The van der Waals surface area contributed by atoms with Crippen molar-refractivity contribution in [1.82, 2.24) is 4.98 Å². The zero-order chi connectivity index (χ0) is 15.4. The monoisotopic (exact) mass is 315 g/mol. The topological polar surface area (TPSA) is 76.7 Å². The van der Waals surface area contributed by atoms with Crippen LogP contribution in [0, 0.1) is 0 Å². The molecule has 7 heteroatoms. The number of furan rings is 1. The second-order valence-corrected chi connectivity index (χ2v) is 5.47.